The quantitative estimate of drug-likeness (QED) is 0.835. The summed E-state index contributed by atoms with van der Waals surface area (Å²) in [5, 5.41) is 8.90. The van der Waals surface area contributed by atoms with Crippen LogP contribution in [0.4, 0.5) is 0 Å². The average Bonchev–Trinajstić information content (AvgIpc) is 2.29. The molecule has 0 aliphatic carbocycles. The van der Waals surface area contributed by atoms with Crippen LogP contribution in [0.2, 0.25) is 0 Å². The summed E-state index contributed by atoms with van der Waals surface area (Å²) in [5.74, 6) is -0.695. The van der Waals surface area contributed by atoms with E-state index in [9.17, 15) is 4.79 Å². The third-order valence-electron chi connectivity index (χ3n) is 2.10. The second-order valence-corrected chi connectivity index (χ2v) is 3.53. The zero-order valence-electron chi connectivity index (χ0n) is 9.38. The van der Waals surface area contributed by atoms with E-state index >= 15 is 0 Å². The lowest BCUT2D eigenvalue weighted by Gasteiger charge is -2.02. The summed E-state index contributed by atoms with van der Waals surface area (Å²) in [6.07, 6.45) is 3.16. The molecule has 2 aromatic rings. The Balaban J connectivity index is 2.51. The molecule has 6 nitrogen and oxygen atoms in total. The van der Waals surface area contributed by atoms with Crippen LogP contribution in [0.5, 0.6) is 0 Å². The zero-order valence-corrected chi connectivity index (χ0v) is 9.38. The van der Waals surface area contributed by atoms with Crippen LogP contribution in [0.15, 0.2) is 18.5 Å². The van der Waals surface area contributed by atoms with Crippen LogP contribution in [0, 0.1) is 13.8 Å². The molecular weight excluding hydrogens is 220 g/mol. The Kier molecular flexibility index (Phi) is 2.78. The lowest BCUT2D eigenvalue weighted by atomic mass is 10.2. The third-order valence-corrected chi connectivity index (χ3v) is 2.10. The highest BCUT2D eigenvalue weighted by Gasteiger charge is 2.10. The number of nitrogens with zero attached hydrogens (tertiary/aromatic N) is 4. The van der Waals surface area contributed by atoms with Gasteiger partial charge in [-0.05, 0) is 19.9 Å². The molecule has 0 spiro atoms. The number of hydrogen-bond acceptors (Lipinski definition) is 5. The van der Waals surface area contributed by atoms with Crippen molar-refractivity contribution >= 4 is 5.97 Å². The van der Waals surface area contributed by atoms with Gasteiger partial charge in [-0.3, -0.25) is 9.97 Å². The van der Waals surface area contributed by atoms with Crippen molar-refractivity contribution in [2.75, 3.05) is 0 Å². The van der Waals surface area contributed by atoms with E-state index in [0.29, 0.717) is 17.2 Å². The third kappa shape index (κ3) is 2.41. The van der Waals surface area contributed by atoms with Gasteiger partial charge in [0.05, 0.1) is 17.6 Å². The number of hydrogen-bond donors (Lipinski definition) is 1. The van der Waals surface area contributed by atoms with Crippen LogP contribution in [-0.4, -0.2) is 31.0 Å². The smallest absolute Gasteiger partial charge is 0.354 e. The first kappa shape index (κ1) is 11.1. The van der Waals surface area contributed by atoms with Crippen LogP contribution in [0.1, 0.15) is 22.0 Å². The van der Waals surface area contributed by atoms with E-state index in [-0.39, 0.29) is 5.69 Å². The fraction of sp³-hybridized carbons (Fsp3) is 0.182. The predicted molar refractivity (Wildman–Crippen MR) is 59.5 cm³/mol. The largest absolute Gasteiger partial charge is 0.477 e. The molecule has 0 saturated carbocycles. The van der Waals surface area contributed by atoms with Crippen LogP contribution >= 0.6 is 0 Å². The maximum Gasteiger partial charge on any atom is 0.354 e. The molecule has 0 saturated heterocycles. The Morgan fingerprint density at radius 1 is 1.12 bits per heavy atom. The molecule has 0 aliphatic rings. The van der Waals surface area contributed by atoms with Crippen LogP contribution in [0.25, 0.3) is 11.4 Å². The van der Waals surface area contributed by atoms with E-state index in [0.717, 1.165) is 5.69 Å². The number of aryl methyl sites for hydroxylation is 2. The average molecular weight is 230 g/mol. The van der Waals surface area contributed by atoms with Gasteiger partial charge in [0.2, 0.25) is 0 Å². The van der Waals surface area contributed by atoms with Crippen LogP contribution in [-0.2, 0) is 0 Å². The highest BCUT2D eigenvalue weighted by molar-refractivity contribution is 5.86. The number of aromatic carboxylic acids is 1. The number of carboxylic acids is 1. The molecule has 0 unspecified atom stereocenters. The first-order chi connectivity index (χ1) is 8.06. The maximum absolute atomic E-state index is 10.9. The van der Waals surface area contributed by atoms with Crippen LogP contribution in [0.3, 0.4) is 0 Å². The Morgan fingerprint density at radius 2 is 1.88 bits per heavy atom. The van der Waals surface area contributed by atoms with Gasteiger partial charge in [-0.2, -0.15) is 0 Å². The van der Waals surface area contributed by atoms with E-state index in [4.69, 9.17) is 5.11 Å². The molecule has 0 fully saturated rings. The van der Waals surface area contributed by atoms with E-state index in [1.165, 1.54) is 6.07 Å². The summed E-state index contributed by atoms with van der Waals surface area (Å²) in [6.45, 7) is 3.46. The molecule has 2 aromatic heterocycles. The second kappa shape index (κ2) is 4.25. The molecule has 2 rings (SSSR count). The lowest BCUT2D eigenvalue weighted by Crippen LogP contribution is -2.04. The predicted octanol–water partition coefficient (Wildman–Crippen LogP) is 1.25. The highest BCUT2D eigenvalue weighted by atomic mass is 16.4. The van der Waals surface area contributed by atoms with Crippen molar-refractivity contribution < 1.29 is 9.90 Å². The molecule has 86 valence electrons. The van der Waals surface area contributed by atoms with Gasteiger partial charge in [0, 0.05) is 6.20 Å². The van der Waals surface area contributed by atoms with E-state index < -0.39 is 5.97 Å². The molecule has 0 atom stereocenters. The van der Waals surface area contributed by atoms with Gasteiger partial charge in [0.1, 0.15) is 11.5 Å². The fourth-order valence-corrected chi connectivity index (χ4v) is 1.33. The summed E-state index contributed by atoms with van der Waals surface area (Å²) < 4.78 is 0. The van der Waals surface area contributed by atoms with Crippen LogP contribution < -0.4 is 0 Å². The topological polar surface area (TPSA) is 88.9 Å². The van der Waals surface area contributed by atoms with Gasteiger partial charge in [-0.15, -0.1) is 0 Å². The Bertz CT molecular complexity index is 566. The Labute approximate surface area is 97.4 Å². The minimum absolute atomic E-state index is 0.0464. The minimum Gasteiger partial charge on any atom is -0.477 e. The summed E-state index contributed by atoms with van der Waals surface area (Å²) in [4.78, 5) is 27.1. The summed E-state index contributed by atoms with van der Waals surface area (Å²) in [7, 11) is 0. The molecule has 6 heteroatoms. The molecule has 17 heavy (non-hydrogen) atoms. The number of carbonyl (C=O) groups is 1. The standard InChI is InChI=1S/C11H10N4O2/c1-6-4-13-10(5-12-6)8-3-9(11(16)17)15-7(2)14-8/h3-5H,1-2H3,(H,16,17). The molecule has 1 N–H and O–H groups in total. The minimum atomic E-state index is -1.09. The van der Waals surface area contributed by atoms with Crippen molar-refractivity contribution in [1.29, 1.82) is 0 Å². The molecule has 2 heterocycles. The second-order valence-electron chi connectivity index (χ2n) is 3.53. The van der Waals surface area contributed by atoms with Gasteiger partial charge in [0.25, 0.3) is 0 Å². The highest BCUT2D eigenvalue weighted by Crippen LogP contribution is 2.14. The van der Waals surface area contributed by atoms with Crippen molar-refractivity contribution in [2.24, 2.45) is 0 Å². The molecule has 0 bridgehead atoms. The molecule has 0 radical (unpaired) electrons. The number of aromatic nitrogens is 4. The van der Waals surface area contributed by atoms with Crippen molar-refractivity contribution in [2.45, 2.75) is 13.8 Å². The summed E-state index contributed by atoms with van der Waals surface area (Å²) >= 11 is 0. The Morgan fingerprint density at radius 3 is 2.47 bits per heavy atom. The van der Waals surface area contributed by atoms with Crippen molar-refractivity contribution in [3.05, 3.63) is 35.7 Å². The van der Waals surface area contributed by atoms with Crippen molar-refractivity contribution in [3.63, 3.8) is 0 Å². The Hall–Kier alpha value is -2.37. The summed E-state index contributed by atoms with van der Waals surface area (Å²) in [5.41, 5.74) is 1.74. The van der Waals surface area contributed by atoms with Gasteiger partial charge >= 0.3 is 5.97 Å². The molecular formula is C11H10N4O2. The fourth-order valence-electron chi connectivity index (χ4n) is 1.33. The van der Waals surface area contributed by atoms with Crippen molar-refractivity contribution in [3.8, 4) is 11.4 Å². The zero-order chi connectivity index (χ0) is 12.4. The van der Waals surface area contributed by atoms with E-state index in [2.05, 4.69) is 19.9 Å². The molecule has 0 amide bonds. The first-order valence-corrected chi connectivity index (χ1v) is 4.94. The number of rotatable bonds is 2. The normalized spacial score (nSPS) is 10.2. The monoisotopic (exact) mass is 230 g/mol. The van der Waals surface area contributed by atoms with Gasteiger partial charge in [-0.25, -0.2) is 14.8 Å². The SMILES string of the molecule is Cc1cnc(-c2cc(C(=O)O)nc(C)n2)cn1. The summed E-state index contributed by atoms with van der Waals surface area (Å²) in [6, 6.07) is 1.38. The van der Waals surface area contributed by atoms with Gasteiger partial charge in [0.15, 0.2) is 5.69 Å². The van der Waals surface area contributed by atoms with Gasteiger partial charge < -0.3 is 5.11 Å². The molecule has 0 aliphatic heterocycles. The molecule has 0 aromatic carbocycles. The van der Waals surface area contributed by atoms with Crippen molar-refractivity contribution in [1.82, 2.24) is 19.9 Å². The van der Waals surface area contributed by atoms with Gasteiger partial charge in [-0.1, -0.05) is 0 Å². The first-order valence-electron chi connectivity index (χ1n) is 4.94. The van der Waals surface area contributed by atoms with E-state index in [1.807, 2.05) is 6.92 Å². The number of carboxylic acid groups (broad SMARTS) is 1. The van der Waals surface area contributed by atoms with E-state index in [1.54, 1.807) is 19.3 Å². The maximum atomic E-state index is 10.9. The lowest BCUT2D eigenvalue weighted by molar-refractivity contribution is 0.0690.